The van der Waals surface area contributed by atoms with Crippen molar-refractivity contribution in [3.63, 3.8) is 0 Å². The molecule has 2 heterocycles. The van der Waals surface area contributed by atoms with Crippen LogP contribution in [0.2, 0.25) is 0 Å². The number of hydrogen-bond acceptors (Lipinski definition) is 6. The van der Waals surface area contributed by atoms with E-state index in [0.29, 0.717) is 12.0 Å². The fourth-order valence-electron chi connectivity index (χ4n) is 5.36. The maximum Gasteiger partial charge on any atom is 0.213 e. The number of fused-ring (bicyclic) bond motifs is 2. The molecular weight excluding hydrogens is 486 g/mol. The Bertz CT molecular complexity index is 1620. The molecule has 7 heteroatoms. The molecule has 0 spiro atoms. The fraction of sp³-hybridized carbons (Fsp3) is 0.281. The lowest BCUT2D eigenvalue weighted by Crippen LogP contribution is -2.25. The van der Waals surface area contributed by atoms with Crippen LogP contribution in [0.4, 0.5) is 11.4 Å². The zero-order valence-electron chi connectivity index (χ0n) is 22.6. The van der Waals surface area contributed by atoms with Gasteiger partial charge in [-0.25, -0.2) is 9.97 Å². The van der Waals surface area contributed by atoms with E-state index in [1.807, 2.05) is 18.2 Å². The Morgan fingerprint density at radius 3 is 2.44 bits per heavy atom. The standard InChI is InChI=1S/C32H33N5O2/c1-21-8-13-24(14-9-21)37-30-7-5-4-6-26(30)36-29-18-27(35-23-12-17-32(39-3)33-20-23)28(19-31(29)37)34-22-10-15-25(38-2)16-11-22/h4-9,12-14,17-20,22,25,35H,10-11,15-16H2,1-3H3/b34-28+. The zero-order valence-corrected chi connectivity index (χ0v) is 22.6. The van der Waals surface area contributed by atoms with Gasteiger partial charge in [-0.15, -0.1) is 0 Å². The first-order chi connectivity index (χ1) is 19.1. The first-order valence-electron chi connectivity index (χ1n) is 13.5. The van der Waals surface area contributed by atoms with Crippen molar-refractivity contribution < 1.29 is 9.47 Å². The first kappa shape index (κ1) is 25.1. The summed E-state index contributed by atoms with van der Waals surface area (Å²) < 4.78 is 13.1. The molecular formula is C32H33N5O2. The van der Waals surface area contributed by atoms with Crippen molar-refractivity contribution in [1.82, 2.24) is 14.5 Å². The van der Waals surface area contributed by atoms with Crippen LogP contribution < -0.4 is 15.4 Å². The number of hydrogen-bond donors (Lipinski definition) is 1. The van der Waals surface area contributed by atoms with Crippen molar-refractivity contribution in [1.29, 1.82) is 0 Å². The molecule has 2 aliphatic carbocycles. The molecule has 3 aromatic rings. The largest absolute Gasteiger partial charge is 0.481 e. The third kappa shape index (κ3) is 5.22. The van der Waals surface area contributed by atoms with Crippen molar-refractivity contribution in [2.75, 3.05) is 19.5 Å². The molecule has 0 radical (unpaired) electrons. The predicted octanol–water partition coefficient (Wildman–Crippen LogP) is 6.44. The van der Waals surface area contributed by atoms with Gasteiger partial charge in [0.05, 0.1) is 64.6 Å². The van der Waals surface area contributed by atoms with Crippen LogP contribution >= 0.6 is 0 Å². The van der Waals surface area contributed by atoms with Gasteiger partial charge in [0, 0.05) is 18.9 Å². The summed E-state index contributed by atoms with van der Waals surface area (Å²) in [6.45, 7) is 2.11. The maximum absolute atomic E-state index is 5.60. The van der Waals surface area contributed by atoms with Gasteiger partial charge >= 0.3 is 0 Å². The molecule has 0 atom stereocenters. The average Bonchev–Trinajstić information content (AvgIpc) is 2.98. The van der Waals surface area contributed by atoms with Crippen molar-refractivity contribution in [3.8, 4) is 23.0 Å². The highest BCUT2D eigenvalue weighted by atomic mass is 16.5. The number of aromatic nitrogens is 3. The topological polar surface area (TPSA) is 73.6 Å². The maximum atomic E-state index is 5.60. The summed E-state index contributed by atoms with van der Waals surface area (Å²) >= 11 is 0. The number of benzene rings is 3. The third-order valence-corrected chi connectivity index (χ3v) is 7.51. The summed E-state index contributed by atoms with van der Waals surface area (Å²) in [5.74, 6) is 0.575. The van der Waals surface area contributed by atoms with Crippen LogP contribution in [0.25, 0.3) is 28.1 Å². The van der Waals surface area contributed by atoms with Gasteiger partial charge in [0.1, 0.15) is 0 Å². The first-order valence-corrected chi connectivity index (χ1v) is 13.5. The number of para-hydroxylation sites is 2. The second kappa shape index (κ2) is 10.9. The van der Waals surface area contributed by atoms with Crippen LogP contribution in [0.5, 0.6) is 5.88 Å². The van der Waals surface area contributed by atoms with Crippen molar-refractivity contribution in [3.05, 3.63) is 89.9 Å². The smallest absolute Gasteiger partial charge is 0.213 e. The Kier molecular flexibility index (Phi) is 6.99. The third-order valence-electron chi connectivity index (χ3n) is 7.51. The van der Waals surface area contributed by atoms with E-state index in [2.05, 4.69) is 76.4 Å². The highest BCUT2D eigenvalue weighted by molar-refractivity contribution is 5.84. The lowest BCUT2D eigenvalue weighted by Gasteiger charge is -2.25. The molecule has 6 rings (SSSR count). The molecule has 3 aliphatic rings. The quantitative estimate of drug-likeness (QED) is 0.261. The summed E-state index contributed by atoms with van der Waals surface area (Å²) in [6, 6.07) is 25.2. The molecule has 7 nitrogen and oxygen atoms in total. The van der Waals surface area contributed by atoms with E-state index in [0.717, 1.165) is 70.5 Å². The molecule has 1 aliphatic heterocycles. The number of nitrogens with zero attached hydrogens (tertiary/aromatic N) is 4. The van der Waals surface area contributed by atoms with Crippen LogP contribution in [-0.2, 0) is 4.74 Å². The van der Waals surface area contributed by atoms with Crippen LogP contribution in [0.3, 0.4) is 0 Å². The highest BCUT2D eigenvalue weighted by Gasteiger charge is 2.21. The van der Waals surface area contributed by atoms with Gasteiger partial charge in [0.2, 0.25) is 5.88 Å². The number of ether oxygens (including phenoxy) is 2. The van der Waals surface area contributed by atoms with E-state index in [4.69, 9.17) is 19.5 Å². The molecule has 1 aromatic heterocycles. The molecule has 0 bridgehead atoms. The lowest BCUT2D eigenvalue weighted by atomic mass is 9.93. The molecule has 1 fully saturated rings. The minimum Gasteiger partial charge on any atom is -0.481 e. The highest BCUT2D eigenvalue weighted by Crippen LogP contribution is 2.31. The molecule has 39 heavy (non-hydrogen) atoms. The SMILES string of the molecule is COc1ccc(Nc2cc3nc4ccccc4n(-c4ccc(C)cc4)c-3c/c2=N\C2CCC(OC)CC2)cn1. The van der Waals surface area contributed by atoms with Gasteiger partial charge in [-0.3, -0.25) is 4.99 Å². The van der Waals surface area contributed by atoms with E-state index in [-0.39, 0.29) is 6.04 Å². The van der Waals surface area contributed by atoms with Crippen LogP contribution in [0.1, 0.15) is 31.2 Å². The van der Waals surface area contributed by atoms with E-state index >= 15 is 0 Å². The molecule has 1 N–H and O–H groups in total. The molecule has 0 saturated heterocycles. The number of nitrogens with one attached hydrogen (secondary N) is 1. The Morgan fingerprint density at radius 1 is 0.923 bits per heavy atom. The number of rotatable bonds is 6. The molecule has 0 unspecified atom stereocenters. The summed E-state index contributed by atoms with van der Waals surface area (Å²) in [6.07, 6.45) is 6.17. The van der Waals surface area contributed by atoms with E-state index in [1.165, 1.54) is 5.56 Å². The average molecular weight is 520 g/mol. The summed E-state index contributed by atoms with van der Waals surface area (Å²) in [4.78, 5) is 14.7. The molecule has 198 valence electrons. The normalized spacial score (nSPS) is 18.0. The fourth-order valence-corrected chi connectivity index (χ4v) is 5.36. The van der Waals surface area contributed by atoms with Gasteiger partial charge < -0.3 is 19.4 Å². The van der Waals surface area contributed by atoms with Gasteiger partial charge in [-0.2, -0.15) is 0 Å². The minimum absolute atomic E-state index is 0.240. The van der Waals surface area contributed by atoms with Crippen molar-refractivity contribution in [2.24, 2.45) is 4.99 Å². The number of aryl methyl sites for hydroxylation is 1. The summed E-state index contributed by atoms with van der Waals surface area (Å²) in [7, 11) is 3.42. The Balaban J connectivity index is 1.55. The predicted molar refractivity (Wildman–Crippen MR) is 155 cm³/mol. The van der Waals surface area contributed by atoms with Crippen LogP contribution in [0, 0.1) is 6.92 Å². The monoisotopic (exact) mass is 519 g/mol. The Labute approximate surface area is 228 Å². The van der Waals surface area contributed by atoms with Crippen LogP contribution in [-0.4, -0.2) is 40.9 Å². The van der Waals surface area contributed by atoms with Crippen molar-refractivity contribution in [2.45, 2.75) is 44.8 Å². The lowest BCUT2D eigenvalue weighted by molar-refractivity contribution is 0.0663. The number of pyridine rings is 1. The second-order valence-electron chi connectivity index (χ2n) is 10.1. The van der Waals surface area contributed by atoms with Gasteiger partial charge in [-0.05, 0) is 75.1 Å². The molecule has 1 saturated carbocycles. The van der Waals surface area contributed by atoms with E-state index in [9.17, 15) is 0 Å². The Hall–Kier alpha value is -4.23. The number of anilines is 2. The minimum atomic E-state index is 0.240. The van der Waals surface area contributed by atoms with Gasteiger partial charge in [0.25, 0.3) is 0 Å². The van der Waals surface area contributed by atoms with Crippen molar-refractivity contribution >= 4 is 22.4 Å². The summed E-state index contributed by atoms with van der Waals surface area (Å²) in [5.41, 5.74) is 7.98. The number of methoxy groups -OCH3 is 2. The van der Waals surface area contributed by atoms with Crippen LogP contribution in [0.15, 0.2) is 84.0 Å². The van der Waals surface area contributed by atoms with Gasteiger partial charge in [0.15, 0.2) is 0 Å². The van der Waals surface area contributed by atoms with E-state index < -0.39 is 0 Å². The molecule has 0 amide bonds. The second-order valence-corrected chi connectivity index (χ2v) is 10.1. The van der Waals surface area contributed by atoms with E-state index in [1.54, 1.807) is 20.4 Å². The Morgan fingerprint density at radius 2 is 1.72 bits per heavy atom. The zero-order chi connectivity index (χ0) is 26.8. The van der Waals surface area contributed by atoms with Gasteiger partial charge in [-0.1, -0.05) is 29.8 Å². The summed E-state index contributed by atoms with van der Waals surface area (Å²) in [5, 5.41) is 4.47. The molecule has 2 aromatic carbocycles.